The zero-order chi connectivity index (χ0) is 21.8. The molecule has 2 aliphatic heterocycles. The quantitative estimate of drug-likeness (QED) is 0.320. The number of piperidine rings is 2. The smallest absolute Gasteiger partial charge is 0.322 e. The van der Waals surface area contributed by atoms with E-state index < -0.39 is 11.9 Å². The van der Waals surface area contributed by atoms with E-state index in [1.165, 1.54) is 0 Å². The summed E-state index contributed by atoms with van der Waals surface area (Å²) in [5.41, 5.74) is 0. The van der Waals surface area contributed by atoms with Gasteiger partial charge in [-0.25, -0.2) is 0 Å². The van der Waals surface area contributed by atoms with Gasteiger partial charge in [0.05, 0.1) is 12.5 Å². The third-order valence-electron chi connectivity index (χ3n) is 6.08. The van der Waals surface area contributed by atoms with Crippen LogP contribution in [0.4, 0.5) is 0 Å². The highest BCUT2D eigenvalue weighted by atomic mass is 16.5. The van der Waals surface area contributed by atoms with Crippen molar-refractivity contribution in [2.45, 2.75) is 58.3 Å². The molecule has 2 saturated heterocycles. The second-order valence-electron chi connectivity index (χ2n) is 8.40. The average Bonchev–Trinajstić information content (AvgIpc) is 2.78. The first kappa shape index (κ1) is 24.2. The Morgan fingerprint density at radius 2 is 2.03 bits per heavy atom. The number of carbonyl (C=O) groups is 3. The van der Waals surface area contributed by atoms with E-state index in [-0.39, 0.29) is 24.3 Å². The van der Waals surface area contributed by atoms with Crippen LogP contribution in [0, 0.1) is 30.1 Å². The molecule has 0 unspecified atom stereocenters. The molecule has 0 radical (unpaired) electrons. The minimum absolute atomic E-state index is 0.0699. The van der Waals surface area contributed by atoms with E-state index in [0.717, 1.165) is 58.0 Å². The Kier molecular flexibility index (Phi) is 10.7. The van der Waals surface area contributed by atoms with Crippen molar-refractivity contribution in [1.29, 1.82) is 0 Å². The molecule has 168 valence electrons. The van der Waals surface area contributed by atoms with Crippen LogP contribution >= 0.6 is 0 Å². The number of hydrogen-bond donors (Lipinski definition) is 2. The number of ether oxygens (including phenoxy) is 1. The van der Waals surface area contributed by atoms with Crippen molar-refractivity contribution in [3.05, 3.63) is 0 Å². The number of nitrogens with zero attached hydrogens (tertiary/aromatic N) is 1. The maximum atomic E-state index is 12.6. The molecule has 2 atom stereocenters. The van der Waals surface area contributed by atoms with Gasteiger partial charge in [0.25, 0.3) is 0 Å². The lowest BCUT2D eigenvalue weighted by atomic mass is 9.92. The molecule has 0 aromatic rings. The molecule has 0 aromatic heterocycles. The molecule has 2 fully saturated rings. The van der Waals surface area contributed by atoms with Crippen molar-refractivity contribution in [3.8, 4) is 12.3 Å². The van der Waals surface area contributed by atoms with E-state index in [2.05, 4.69) is 16.6 Å². The van der Waals surface area contributed by atoms with E-state index >= 15 is 0 Å². The Hall–Kier alpha value is -2.07. The van der Waals surface area contributed by atoms with Crippen molar-refractivity contribution in [2.75, 3.05) is 39.3 Å². The Balaban J connectivity index is 1.74. The predicted molar refractivity (Wildman–Crippen MR) is 115 cm³/mol. The number of hydrogen-bond acceptors (Lipinski definition) is 5. The van der Waals surface area contributed by atoms with Gasteiger partial charge in [-0.2, -0.15) is 0 Å². The third-order valence-corrected chi connectivity index (χ3v) is 6.08. The molecule has 0 bridgehead atoms. The normalized spacial score (nSPS) is 20.8. The van der Waals surface area contributed by atoms with Crippen molar-refractivity contribution in [3.63, 3.8) is 0 Å². The molecule has 7 heteroatoms. The van der Waals surface area contributed by atoms with Crippen LogP contribution < -0.4 is 10.6 Å². The van der Waals surface area contributed by atoms with Gasteiger partial charge in [0, 0.05) is 26.1 Å². The Morgan fingerprint density at radius 1 is 1.27 bits per heavy atom. The maximum absolute atomic E-state index is 12.6. The fraction of sp³-hybridized carbons (Fsp3) is 0.783. The van der Waals surface area contributed by atoms with Gasteiger partial charge < -0.3 is 20.3 Å². The highest BCUT2D eigenvalue weighted by molar-refractivity contribution is 5.82. The first-order chi connectivity index (χ1) is 14.5. The number of nitrogens with one attached hydrogen (secondary N) is 2. The van der Waals surface area contributed by atoms with Crippen molar-refractivity contribution in [1.82, 2.24) is 15.5 Å². The number of terminal acetylenes is 1. The van der Waals surface area contributed by atoms with Crippen LogP contribution in [-0.4, -0.2) is 62.0 Å². The van der Waals surface area contributed by atoms with Crippen LogP contribution in [0.15, 0.2) is 0 Å². The second-order valence-corrected chi connectivity index (χ2v) is 8.40. The summed E-state index contributed by atoms with van der Waals surface area (Å²) in [4.78, 5) is 39.1. The van der Waals surface area contributed by atoms with E-state index in [1.54, 1.807) is 0 Å². The lowest BCUT2D eigenvalue weighted by molar-refractivity contribution is -0.146. The molecule has 0 spiro atoms. The minimum atomic E-state index is -0.780. The van der Waals surface area contributed by atoms with Gasteiger partial charge in [-0.15, -0.1) is 6.42 Å². The highest BCUT2D eigenvalue weighted by Gasteiger charge is 2.29. The summed E-state index contributed by atoms with van der Waals surface area (Å²) in [5, 5.41) is 6.14. The zero-order valence-electron chi connectivity index (χ0n) is 18.3. The summed E-state index contributed by atoms with van der Waals surface area (Å²) in [6.07, 6.45) is 12.5. The average molecular weight is 420 g/mol. The third kappa shape index (κ3) is 7.98. The lowest BCUT2D eigenvalue weighted by Gasteiger charge is -2.33. The predicted octanol–water partition coefficient (Wildman–Crippen LogP) is 1.71. The summed E-state index contributed by atoms with van der Waals surface area (Å²) in [6, 6.07) is 0. The molecule has 2 N–H and O–H groups in total. The van der Waals surface area contributed by atoms with Gasteiger partial charge in [-0.05, 0) is 57.5 Å². The van der Waals surface area contributed by atoms with Crippen LogP contribution in [0.1, 0.15) is 58.3 Å². The number of esters is 1. The first-order valence-electron chi connectivity index (χ1n) is 11.4. The summed E-state index contributed by atoms with van der Waals surface area (Å²) in [7, 11) is 0. The summed E-state index contributed by atoms with van der Waals surface area (Å²) < 4.78 is 5.15. The fourth-order valence-electron chi connectivity index (χ4n) is 4.05. The molecular weight excluding hydrogens is 382 g/mol. The molecule has 0 aliphatic carbocycles. The van der Waals surface area contributed by atoms with Crippen LogP contribution in [0.25, 0.3) is 0 Å². The number of rotatable bonds is 10. The Labute approximate surface area is 180 Å². The number of unbranched alkanes of at least 4 members (excludes halogenated alkanes) is 1. The molecule has 0 aromatic carbocycles. The largest absolute Gasteiger partial charge is 0.465 e. The Morgan fingerprint density at radius 3 is 2.73 bits per heavy atom. The SMILES string of the molecule is C#C[C@@H](CNC(=O)[C@@H]1CCCN(C(=O)CCC2CCNCC2)C1)C(=O)OCCCC. The van der Waals surface area contributed by atoms with E-state index in [0.29, 0.717) is 32.0 Å². The van der Waals surface area contributed by atoms with Crippen molar-refractivity contribution in [2.24, 2.45) is 17.8 Å². The summed E-state index contributed by atoms with van der Waals surface area (Å²) in [5.74, 6) is 1.52. The molecule has 0 saturated carbocycles. The van der Waals surface area contributed by atoms with Gasteiger partial charge >= 0.3 is 5.97 Å². The highest BCUT2D eigenvalue weighted by Crippen LogP contribution is 2.21. The maximum Gasteiger partial charge on any atom is 0.322 e. The molecule has 2 aliphatic rings. The van der Waals surface area contributed by atoms with Crippen LogP contribution in [0.2, 0.25) is 0 Å². The molecule has 2 heterocycles. The van der Waals surface area contributed by atoms with Crippen LogP contribution in [0.3, 0.4) is 0 Å². The molecule has 30 heavy (non-hydrogen) atoms. The van der Waals surface area contributed by atoms with Gasteiger partial charge in [0.2, 0.25) is 11.8 Å². The Bertz CT molecular complexity index is 610. The van der Waals surface area contributed by atoms with Gasteiger partial charge in [0.15, 0.2) is 0 Å². The summed E-state index contributed by atoms with van der Waals surface area (Å²) >= 11 is 0. The van der Waals surface area contributed by atoms with Gasteiger partial charge in [0.1, 0.15) is 5.92 Å². The molecule has 7 nitrogen and oxygen atoms in total. The van der Waals surface area contributed by atoms with Crippen LogP contribution in [-0.2, 0) is 19.1 Å². The molecule has 2 amide bonds. The van der Waals surface area contributed by atoms with E-state index in [9.17, 15) is 14.4 Å². The second kappa shape index (κ2) is 13.3. The van der Waals surface area contributed by atoms with E-state index in [1.807, 2.05) is 11.8 Å². The van der Waals surface area contributed by atoms with Crippen molar-refractivity contribution < 1.29 is 19.1 Å². The monoisotopic (exact) mass is 419 g/mol. The topological polar surface area (TPSA) is 87.7 Å². The minimum Gasteiger partial charge on any atom is -0.465 e. The number of amides is 2. The standard InChI is InChI=1S/C23H37N3O4/c1-3-5-15-30-23(29)19(4-2)16-25-22(28)20-7-6-14-26(17-20)21(27)9-8-18-10-12-24-13-11-18/h2,18-20,24H,3,5-17H2,1H3,(H,25,28)/t19-,20+/m0/s1. The number of carbonyl (C=O) groups excluding carboxylic acids is 3. The lowest BCUT2D eigenvalue weighted by Crippen LogP contribution is -2.46. The molecule has 2 rings (SSSR count). The molecular formula is C23H37N3O4. The summed E-state index contributed by atoms with van der Waals surface area (Å²) in [6.45, 7) is 5.66. The van der Waals surface area contributed by atoms with Gasteiger partial charge in [-0.3, -0.25) is 14.4 Å². The van der Waals surface area contributed by atoms with Gasteiger partial charge in [-0.1, -0.05) is 19.3 Å². The fourth-order valence-corrected chi connectivity index (χ4v) is 4.05. The van der Waals surface area contributed by atoms with Crippen molar-refractivity contribution >= 4 is 17.8 Å². The zero-order valence-corrected chi connectivity index (χ0v) is 18.3. The first-order valence-corrected chi connectivity index (χ1v) is 11.4. The van der Waals surface area contributed by atoms with E-state index in [4.69, 9.17) is 11.2 Å². The number of likely N-dealkylation sites (tertiary alicyclic amines) is 1. The van der Waals surface area contributed by atoms with Crippen LogP contribution in [0.5, 0.6) is 0 Å².